The van der Waals surface area contributed by atoms with Crippen LogP contribution in [0.2, 0.25) is 0 Å². The number of nitrogens with one attached hydrogen (secondary N) is 2. The van der Waals surface area contributed by atoms with Crippen molar-refractivity contribution in [2.75, 3.05) is 20.8 Å². The van der Waals surface area contributed by atoms with Crippen LogP contribution in [-0.4, -0.2) is 45.0 Å². The molecule has 142 valence electrons. The van der Waals surface area contributed by atoms with E-state index in [9.17, 15) is 9.59 Å². The number of para-hydroxylation sites is 1. The summed E-state index contributed by atoms with van der Waals surface area (Å²) in [6.07, 6.45) is 6.71. The molecule has 0 unspecified atom stereocenters. The zero-order valence-corrected chi connectivity index (χ0v) is 15.1. The first-order valence-corrected chi connectivity index (χ1v) is 8.60. The number of urea groups is 1. The van der Waals surface area contributed by atoms with E-state index in [1.807, 2.05) is 0 Å². The fraction of sp³-hybridized carbons (Fsp3) is 0.500. The molecule has 1 aromatic carbocycles. The molecule has 26 heavy (non-hydrogen) atoms. The minimum Gasteiger partial charge on any atom is -0.493 e. The zero-order valence-electron chi connectivity index (χ0n) is 15.1. The Morgan fingerprint density at radius 1 is 1.19 bits per heavy atom. The van der Waals surface area contributed by atoms with Crippen LogP contribution in [0, 0.1) is 0 Å². The molecule has 8 heteroatoms. The first-order chi connectivity index (χ1) is 12.6. The number of oxime groups is 1. The van der Waals surface area contributed by atoms with Crippen molar-refractivity contribution in [3.05, 3.63) is 23.8 Å². The molecule has 0 spiro atoms. The van der Waals surface area contributed by atoms with E-state index < -0.39 is 11.9 Å². The summed E-state index contributed by atoms with van der Waals surface area (Å²) in [5.41, 5.74) is 0.641. The van der Waals surface area contributed by atoms with Crippen LogP contribution < -0.4 is 20.1 Å². The highest BCUT2D eigenvalue weighted by atomic mass is 16.6. The molecule has 0 radical (unpaired) electrons. The summed E-state index contributed by atoms with van der Waals surface area (Å²) in [6.45, 7) is -0.360. The fourth-order valence-electron chi connectivity index (χ4n) is 2.83. The second-order valence-corrected chi connectivity index (χ2v) is 5.95. The quantitative estimate of drug-likeness (QED) is 0.572. The Morgan fingerprint density at radius 2 is 1.96 bits per heavy atom. The van der Waals surface area contributed by atoms with E-state index in [4.69, 9.17) is 14.3 Å². The Morgan fingerprint density at radius 3 is 2.65 bits per heavy atom. The lowest BCUT2D eigenvalue weighted by Gasteiger charge is -2.22. The maximum Gasteiger partial charge on any atom is 0.321 e. The van der Waals surface area contributed by atoms with Gasteiger partial charge >= 0.3 is 6.03 Å². The van der Waals surface area contributed by atoms with E-state index in [1.165, 1.54) is 26.9 Å². The molecule has 0 bridgehead atoms. The third-order valence-corrected chi connectivity index (χ3v) is 4.09. The summed E-state index contributed by atoms with van der Waals surface area (Å²) < 4.78 is 10.5. The number of nitrogens with zero attached hydrogens (tertiary/aromatic N) is 1. The van der Waals surface area contributed by atoms with Gasteiger partial charge in [0.05, 0.1) is 20.4 Å². The van der Waals surface area contributed by atoms with Gasteiger partial charge in [0.15, 0.2) is 18.1 Å². The average Bonchev–Trinajstić information content (AvgIpc) is 2.65. The van der Waals surface area contributed by atoms with Crippen molar-refractivity contribution >= 4 is 18.2 Å². The number of benzene rings is 1. The van der Waals surface area contributed by atoms with Gasteiger partial charge < -0.3 is 19.6 Å². The molecular formula is C18H25N3O5. The predicted octanol–water partition coefficient (Wildman–Crippen LogP) is 2.21. The van der Waals surface area contributed by atoms with E-state index >= 15 is 0 Å². The zero-order chi connectivity index (χ0) is 18.8. The lowest BCUT2D eigenvalue weighted by atomic mass is 9.96. The van der Waals surface area contributed by atoms with E-state index in [1.54, 1.807) is 18.2 Å². The molecule has 2 rings (SSSR count). The Bertz CT molecular complexity index is 642. The average molecular weight is 363 g/mol. The Kier molecular flexibility index (Phi) is 7.73. The van der Waals surface area contributed by atoms with Crippen molar-refractivity contribution in [3.63, 3.8) is 0 Å². The largest absolute Gasteiger partial charge is 0.493 e. The van der Waals surface area contributed by atoms with Crippen molar-refractivity contribution in [2.24, 2.45) is 5.16 Å². The summed E-state index contributed by atoms with van der Waals surface area (Å²) in [5, 5.41) is 8.77. The van der Waals surface area contributed by atoms with Crippen LogP contribution in [0.1, 0.15) is 37.7 Å². The van der Waals surface area contributed by atoms with Crippen LogP contribution in [-0.2, 0) is 9.63 Å². The fourth-order valence-corrected chi connectivity index (χ4v) is 2.83. The minimum absolute atomic E-state index is 0.135. The van der Waals surface area contributed by atoms with Crippen molar-refractivity contribution in [3.8, 4) is 11.5 Å². The molecule has 1 aliphatic rings. The van der Waals surface area contributed by atoms with Gasteiger partial charge in [-0.25, -0.2) is 4.79 Å². The van der Waals surface area contributed by atoms with Crippen LogP contribution in [0.4, 0.5) is 4.79 Å². The lowest BCUT2D eigenvalue weighted by molar-refractivity contribution is -0.124. The van der Waals surface area contributed by atoms with Gasteiger partial charge in [-0.2, -0.15) is 0 Å². The van der Waals surface area contributed by atoms with Crippen LogP contribution >= 0.6 is 0 Å². The SMILES string of the molecule is COc1cccc(/C=N\OCC(=O)NC(=O)NC2CCCCC2)c1OC. The van der Waals surface area contributed by atoms with E-state index in [0.29, 0.717) is 17.1 Å². The Balaban J connectivity index is 1.75. The summed E-state index contributed by atoms with van der Waals surface area (Å²) in [7, 11) is 3.06. The van der Waals surface area contributed by atoms with Gasteiger partial charge in [-0.15, -0.1) is 0 Å². The smallest absolute Gasteiger partial charge is 0.321 e. The number of rotatable bonds is 7. The van der Waals surface area contributed by atoms with Crippen LogP contribution in [0.25, 0.3) is 0 Å². The van der Waals surface area contributed by atoms with Crippen molar-refractivity contribution in [2.45, 2.75) is 38.1 Å². The summed E-state index contributed by atoms with van der Waals surface area (Å²) >= 11 is 0. The highest BCUT2D eigenvalue weighted by Crippen LogP contribution is 2.29. The Labute approximate surface area is 152 Å². The molecule has 1 aliphatic carbocycles. The van der Waals surface area contributed by atoms with E-state index in [-0.39, 0.29) is 12.6 Å². The molecule has 1 fully saturated rings. The number of methoxy groups -OCH3 is 2. The summed E-state index contributed by atoms with van der Waals surface area (Å²) in [5.74, 6) is 0.514. The van der Waals surface area contributed by atoms with E-state index in [2.05, 4.69) is 15.8 Å². The molecule has 2 N–H and O–H groups in total. The standard InChI is InChI=1S/C18H25N3O5/c1-24-15-10-6-7-13(17(15)25-2)11-19-26-12-16(22)21-18(23)20-14-8-4-3-5-9-14/h6-7,10-11,14H,3-5,8-9,12H2,1-2H3,(H2,20,21,22,23)/b19-11-. The molecule has 0 heterocycles. The third-order valence-electron chi connectivity index (χ3n) is 4.09. The molecule has 8 nitrogen and oxygen atoms in total. The summed E-state index contributed by atoms with van der Waals surface area (Å²) in [6, 6.07) is 4.95. The van der Waals surface area contributed by atoms with Crippen molar-refractivity contribution < 1.29 is 23.9 Å². The molecule has 3 amide bonds. The maximum atomic E-state index is 11.8. The molecular weight excluding hydrogens is 338 g/mol. The molecule has 0 aliphatic heterocycles. The highest BCUT2D eigenvalue weighted by Gasteiger charge is 2.17. The van der Waals surface area contributed by atoms with Gasteiger partial charge in [-0.1, -0.05) is 30.5 Å². The topological polar surface area (TPSA) is 98.3 Å². The number of imide groups is 1. The van der Waals surface area contributed by atoms with Crippen molar-refractivity contribution in [1.29, 1.82) is 0 Å². The van der Waals surface area contributed by atoms with Gasteiger partial charge in [-0.3, -0.25) is 10.1 Å². The highest BCUT2D eigenvalue weighted by molar-refractivity contribution is 5.95. The van der Waals surface area contributed by atoms with Gasteiger partial charge in [0, 0.05) is 11.6 Å². The lowest BCUT2D eigenvalue weighted by Crippen LogP contribution is -2.46. The normalized spacial score (nSPS) is 14.7. The first-order valence-electron chi connectivity index (χ1n) is 8.60. The monoisotopic (exact) mass is 363 g/mol. The van der Waals surface area contributed by atoms with Gasteiger partial charge in [0.1, 0.15) is 0 Å². The molecule has 0 atom stereocenters. The van der Waals surface area contributed by atoms with Gasteiger partial charge in [0.25, 0.3) is 5.91 Å². The number of hydrogen-bond acceptors (Lipinski definition) is 6. The number of hydrogen-bond donors (Lipinski definition) is 2. The molecule has 1 saturated carbocycles. The Hall–Kier alpha value is -2.77. The summed E-state index contributed by atoms with van der Waals surface area (Å²) in [4.78, 5) is 28.4. The predicted molar refractivity (Wildman–Crippen MR) is 96.6 cm³/mol. The molecule has 1 aromatic rings. The second kappa shape index (κ2) is 10.3. The third kappa shape index (κ3) is 5.94. The number of amides is 3. The molecule has 0 aromatic heterocycles. The van der Waals surface area contributed by atoms with Gasteiger partial charge in [0.2, 0.25) is 0 Å². The number of carbonyl (C=O) groups excluding carboxylic acids is 2. The maximum absolute atomic E-state index is 11.8. The number of carbonyl (C=O) groups is 2. The number of ether oxygens (including phenoxy) is 2. The second-order valence-electron chi connectivity index (χ2n) is 5.95. The van der Waals surface area contributed by atoms with Crippen molar-refractivity contribution in [1.82, 2.24) is 10.6 Å². The minimum atomic E-state index is -0.562. The van der Waals surface area contributed by atoms with Crippen LogP contribution in [0.5, 0.6) is 11.5 Å². The molecule has 0 saturated heterocycles. The van der Waals surface area contributed by atoms with Crippen LogP contribution in [0.3, 0.4) is 0 Å². The van der Waals surface area contributed by atoms with E-state index in [0.717, 1.165) is 25.7 Å². The first kappa shape index (κ1) is 19.6. The van der Waals surface area contributed by atoms with Gasteiger partial charge in [-0.05, 0) is 25.0 Å². The van der Waals surface area contributed by atoms with Crippen LogP contribution in [0.15, 0.2) is 23.4 Å².